The van der Waals surface area contributed by atoms with E-state index in [9.17, 15) is 14.7 Å². The fraction of sp³-hybridized carbons (Fsp3) is 0.750. The Labute approximate surface area is 160 Å². The molecule has 3 rings (SSSR count). The molecule has 0 spiro atoms. The average molecular weight is 377 g/mol. The number of aliphatic hydroxyl groups excluding tert-OH is 1. The molecule has 0 aromatic carbocycles. The standard InChI is InChI=1S/C20H31N3O4/c1-14-10-17(27-21-14)11-15-12-23(13-18(15)24)20(26)9-8-19(25)22(2)16-6-4-3-5-7-16/h10,15-16,18,24H,3-9,11-13H2,1-2H3. The number of rotatable bonds is 6. The smallest absolute Gasteiger partial charge is 0.223 e. The first kappa shape index (κ1) is 19.9. The van der Waals surface area contributed by atoms with Crippen molar-refractivity contribution >= 4 is 11.8 Å². The van der Waals surface area contributed by atoms with Crippen molar-refractivity contribution in [3.05, 3.63) is 17.5 Å². The predicted octanol–water partition coefficient (Wildman–Crippen LogP) is 1.92. The third-order valence-corrected chi connectivity index (χ3v) is 5.97. The Morgan fingerprint density at radius 1 is 1.26 bits per heavy atom. The molecule has 2 aliphatic rings. The molecule has 1 aromatic heterocycles. The quantitative estimate of drug-likeness (QED) is 0.818. The molecule has 27 heavy (non-hydrogen) atoms. The number of nitrogens with zero attached hydrogens (tertiary/aromatic N) is 3. The first-order valence-electron chi connectivity index (χ1n) is 10.1. The van der Waals surface area contributed by atoms with Crippen LogP contribution in [0.15, 0.2) is 10.6 Å². The van der Waals surface area contributed by atoms with Crippen molar-refractivity contribution in [3.63, 3.8) is 0 Å². The molecule has 1 N–H and O–H groups in total. The Morgan fingerprint density at radius 3 is 2.67 bits per heavy atom. The summed E-state index contributed by atoms with van der Waals surface area (Å²) in [5.74, 6) is 0.663. The van der Waals surface area contributed by atoms with Gasteiger partial charge in [0, 0.05) is 57.4 Å². The summed E-state index contributed by atoms with van der Waals surface area (Å²) < 4.78 is 5.22. The highest BCUT2D eigenvalue weighted by molar-refractivity contribution is 5.84. The van der Waals surface area contributed by atoms with Gasteiger partial charge in [0.15, 0.2) is 0 Å². The van der Waals surface area contributed by atoms with Gasteiger partial charge in [0.25, 0.3) is 0 Å². The molecule has 0 bridgehead atoms. The molecular weight excluding hydrogens is 346 g/mol. The van der Waals surface area contributed by atoms with Crippen LogP contribution in [-0.2, 0) is 16.0 Å². The second-order valence-corrected chi connectivity index (χ2v) is 8.06. The molecule has 1 saturated heterocycles. The van der Waals surface area contributed by atoms with Gasteiger partial charge in [0.1, 0.15) is 5.76 Å². The summed E-state index contributed by atoms with van der Waals surface area (Å²) in [6.07, 6.45) is 6.19. The van der Waals surface area contributed by atoms with Crippen LogP contribution in [0.4, 0.5) is 0 Å². The van der Waals surface area contributed by atoms with Gasteiger partial charge in [-0.25, -0.2) is 0 Å². The van der Waals surface area contributed by atoms with Crippen molar-refractivity contribution in [1.82, 2.24) is 15.0 Å². The van der Waals surface area contributed by atoms with Crippen LogP contribution in [0.3, 0.4) is 0 Å². The number of aryl methyl sites for hydroxylation is 1. The fourth-order valence-corrected chi connectivity index (χ4v) is 4.25. The van der Waals surface area contributed by atoms with Gasteiger partial charge < -0.3 is 19.4 Å². The fourth-order valence-electron chi connectivity index (χ4n) is 4.25. The van der Waals surface area contributed by atoms with Crippen LogP contribution in [0.2, 0.25) is 0 Å². The van der Waals surface area contributed by atoms with Crippen molar-refractivity contribution in [1.29, 1.82) is 0 Å². The first-order chi connectivity index (χ1) is 12.9. The van der Waals surface area contributed by atoms with E-state index in [1.165, 1.54) is 19.3 Å². The Morgan fingerprint density at radius 2 is 2.00 bits per heavy atom. The molecule has 0 radical (unpaired) electrons. The summed E-state index contributed by atoms with van der Waals surface area (Å²) in [5, 5.41) is 14.1. The third-order valence-electron chi connectivity index (χ3n) is 5.97. The highest BCUT2D eigenvalue weighted by atomic mass is 16.5. The van der Waals surface area contributed by atoms with Crippen LogP contribution >= 0.6 is 0 Å². The number of amides is 2. The Kier molecular flexibility index (Phi) is 6.52. The summed E-state index contributed by atoms with van der Waals surface area (Å²) in [6, 6.07) is 2.18. The lowest BCUT2D eigenvalue weighted by Crippen LogP contribution is -2.39. The normalized spacial score (nSPS) is 23.6. The minimum atomic E-state index is -0.569. The van der Waals surface area contributed by atoms with E-state index in [0.717, 1.165) is 24.3 Å². The zero-order chi connectivity index (χ0) is 19.4. The van der Waals surface area contributed by atoms with Crippen LogP contribution in [0.5, 0.6) is 0 Å². The van der Waals surface area contributed by atoms with Crippen molar-refractivity contribution in [3.8, 4) is 0 Å². The van der Waals surface area contributed by atoms with E-state index in [4.69, 9.17) is 4.52 Å². The maximum atomic E-state index is 12.5. The van der Waals surface area contributed by atoms with E-state index in [2.05, 4.69) is 5.16 Å². The summed E-state index contributed by atoms with van der Waals surface area (Å²) in [5.41, 5.74) is 0.811. The van der Waals surface area contributed by atoms with Crippen LogP contribution in [-0.4, -0.2) is 64.2 Å². The van der Waals surface area contributed by atoms with Gasteiger partial charge in [-0.15, -0.1) is 0 Å². The van der Waals surface area contributed by atoms with E-state index in [1.807, 2.05) is 24.9 Å². The number of carbonyl (C=O) groups is 2. The van der Waals surface area contributed by atoms with Crippen molar-refractivity contribution < 1.29 is 19.2 Å². The van der Waals surface area contributed by atoms with Crippen LogP contribution in [0.25, 0.3) is 0 Å². The van der Waals surface area contributed by atoms with Gasteiger partial charge in [-0.05, 0) is 19.8 Å². The van der Waals surface area contributed by atoms with Crippen LogP contribution < -0.4 is 0 Å². The van der Waals surface area contributed by atoms with Gasteiger partial charge in [0.2, 0.25) is 11.8 Å². The average Bonchev–Trinajstić information content (AvgIpc) is 3.25. The SMILES string of the molecule is Cc1cc(CC2CN(C(=O)CCC(=O)N(C)C3CCCCC3)CC2O)on1. The lowest BCUT2D eigenvalue weighted by atomic mass is 9.94. The molecule has 1 aromatic rings. The zero-order valence-corrected chi connectivity index (χ0v) is 16.4. The van der Waals surface area contributed by atoms with Crippen molar-refractivity contribution in [2.24, 2.45) is 5.92 Å². The lowest BCUT2D eigenvalue weighted by molar-refractivity contribution is -0.137. The zero-order valence-electron chi connectivity index (χ0n) is 16.4. The van der Waals surface area contributed by atoms with E-state index in [-0.39, 0.29) is 30.6 Å². The number of β-amino-alcohol motifs (C(OH)–C–C–N with tert-alkyl or cyclic N) is 1. The number of aliphatic hydroxyl groups is 1. The molecule has 2 unspecified atom stereocenters. The van der Waals surface area contributed by atoms with Crippen molar-refractivity contribution in [2.75, 3.05) is 20.1 Å². The highest BCUT2D eigenvalue weighted by Crippen LogP contribution is 2.24. The molecule has 1 aliphatic carbocycles. The molecule has 7 nitrogen and oxygen atoms in total. The molecule has 2 fully saturated rings. The molecule has 2 heterocycles. The minimum absolute atomic E-state index is 0.0451. The highest BCUT2D eigenvalue weighted by Gasteiger charge is 2.35. The van der Waals surface area contributed by atoms with E-state index < -0.39 is 6.10 Å². The minimum Gasteiger partial charge on any atom is -0.391 e. The molecule has 1 saturated carbocycles. The second-order valence-electron chi connectivity index (χ2n) is 8.06. The van der Waals surface area contributed by atoms with Crippen LogP contribution in [0.1, 0.15) is 56.4 Å². The molecule has 1 aliphatic heterocycles. The third kappa shape index (κ3) is 5.09. The molecule has 150 valence electrons. The maximum absolute atomic E-state index is 12.5. The van der Waals surface area contributed by atoms with Gasteiger partial charge in [-0.2, -0.15) is 0 Å². The van der Waals surface area contributed by atoms with E-state index in [0.29, 0.717) is 25.6 Å². The Hall–Kier alpha value is -1.89. The van der Waals surface area contributed by atoms with Crippen LogP contribution in [0, 0.1) is 12.8 Å². The van der Waals surface area contributed by atoms with Gasteiger partial charge in [-0.1, -0.05) is 24.4 Å². The second kappa shape index (κ2) is 8.87. The predicted molar refractivity (Wildman–Crippen MR) is 99.9 cm³/mol. The number of hydrogen-bond acceptors (Lipinski definition) is 5. The summed E-state index contributed by atoms with van der Waals surface area (Å²) in [4.78, 5) is 28.4. The Balaban J connectivity index is 1.44. The van der Waals surface area contributed by atoms with Gasteiger partial charge in [-0.3, -0.25) is 9.59 Å². The first-order valence-corrected chi connectivity index (χ1v) is 10.1. The maximum Gasteiger partial charge on any atom is 0.223 e. The summed E-state index contributed by atoms with van der Waals surface area (Å²) in [7, 11) is 1.86. The molecule has 2 atom stereocenters. The molecule has 7 heteroatoms. The molecular formula is C20H31N3O4. The number of carbonyl (C=O) groups excluding carboxylic acids is 2. The van der Waals surface area contributed by atoms with E-state index in [1.54, 1.807) is 4.90 Å². The lowest BCUT2D eigenvalue weighted by Gasteiger charge is -2.31. The number of hydrogen-bond donors (Lipinski definition) is 1. The number of likely N-dealkylation sites (tertiary alicyclic amines) is 1. The Bertz CT molecular complexity index is 653. The van der Waals surface area contributed by atoms with E-state index >= 15 is 0 Å². The van der Waals surface area contributed by atoms with Crippen molar-refractivity contribution in [2.45, 2.75) is 70.4 Å². The summed E-state index contributed by atoms with van der Waals surface area (Å²) >= 11 is 0. The molecule has 2 amide bonds. The largest absolute Gasteiger partial charge is 0.391 e. The topological polar surface area (TPSA) is 86.9 Å². The van der Waals surface area contributed by atoms with Gasteiger partial charge >= 0.3 is 0 Å². The monoisotopic (exact) mass is 377 g/mol. The van der Waals surface area contributed by atoms with Gasteiger partial charge in [0.05, 0.1) is 11.8 Å². The number of aromatic nitrogens is 1. The summed E-state index contributed by atoms with van der Waals surface area (Å²) in [6.45, 7) is 2.67.